The second-order valence-corrected chi connectivity index (χ2v) is 6.81. The maximum absolute atomic E-state index is 12.7. The van der Waals surface area contributed by atoms with Crippen LogP contribution >= 0.6 is 0 Å². The first-order chi connectivity index (χ1) is 12.0. The smallest absolute Gasteiger partial charge is 0.311 e. The lowest BCUT2D eigenvalue weighted by Gasteiger charge is -2.27. The molecule has 0 fully saturated rings. The zero-order chi connectivity index (χ0) is 17.6. The van der Waals surface area contributed by atoms with Crippen LogP contribution in [0.4, 0.5) is 0 Å². The SMILES string of the molecule is CC(C)C[C@H]1CC(=O)Oc2ccc3c(c21)O/C(=C\c1ccco1)C3=O. The minimum Gasteiger partial charge on any atom is -0.465 e. The number of rotatable bonds is 3. The van der Waals surface area contributed by atoms with Crippen molar-refractivity contribution in [2.45, 2.75) is 32.6 Å². The van der Waals surface area contributed by atoms with Gasteiger partial charge in [0.1, 0.15) is 17.3 Å². The van der Waals surface area contributed by atoms with Gasteiger partial charge in [0.15, 0.2) is 5.76 Å². The summed E-state index contributed by atoms with van der Waals surface area (Å²) in [7, 11) is 0. The van der Waals surface area contributed by atoms with Gasteiger partial charge in [-0.05, 0) is 36.6 Å². The first-order valence-electron chi connectivity index (χ1n) is 8.38. The number of fused-ring (bicyclic) bond motifs is 3. The molecule has 4 rings (SSSR count). The van der Waals surface area contributed by atoms with Gasteiger partial charge in [-0.1, -0.05) is 13.8 Å². The van der Waals surface area contributed by atoms with Crippen molar-refractivity contribution >= 4 is 17.8 Å². The number of hydrogen-bond donors (Lipinski definition) is 0. The van der Waals surface area contributed by atoms with Gasteiger partial charge >= 0.3 is 5.97 Å². The minimum absolute atomic E-state index is 0.0121. The summed E-state index contributed by atoms with van der Waals surface area (Å²) in [5.74, 6) is 1.75. The summed E-state index contributed by atoms with van der Waals surface area (Å²) in [4.78, 5) is 24.6. The van der Waals surface area contributed by atoms with Crippen LogP contribution in [0.2, 0.25) is 0 Å². The maximum Gasteiger partial charge on any atom is 0.311 e. The van der Waals surface area contributed by atoms with Crippen LogP contribution in [-0.2, 0) is 4.79 Å². The number of furan rings is 1. The molecule has 5 heteroatoms. The van der Waals surface area contributed by atoms with Crippen molar-refractivity contribution in [3.8, 4) is 11.5 Å². The number of carbonyl (C=O) groups excluding carboxylic acids is 2. The Bertz CT molecular complexity index is 874. The van der Waals surface area contributed by atoms with Crippen molar-refractivity contribution in [3.05, 3.63) is 53.2 Å². The molecule has 1 aromatic heterocycles. The Kier molecular flexibility index (Phi) is 3.71. The third-order valence-corrected chi connectivity index (χ3v) is 4.45. The average Bonchev–Trinajstić information content (AvgIpc) is 3.15. The Morgan fingerprint density at radius 1 is 1.20 bits per heavy atom. The summed E-state index contributed by atoms with van der Waals surface area (Å²) < 4.78 is 16.5. The Morgan fingerprint density at radius 3 is 2.76 bits per heavy atom. The summed E-state index contributed by atoms with van der Waals surface area (Å²) in [5.41, 5.74) is 1.32. The second-order valence-electron chi connectivity index (χ2n) is 6.81. The molecule has 2 aliphatic heterocycles. The second kappa shape index (κ2) is 5.92. The Balaban J connectivity index is 1.78. The van der Waals surface area contributed by atoms with E-state index in [0.29, 0.717) is 35.2 Å². The first kappa shape index (κ1) is 15.7. The molecule has 2 aliphatic rings. The zero-order valence-electron chi connectivity index (χ0n) is 14.1. The lowest BCUT2D eigenvalue weighted by Crippen LogP contribution is -2.21. The summed E-state index contributed by atoms with van der Waals surface area (Å²) in [6, 6.07) is 6.85. The fraction of sp³-hybridized carbons (Fsp3) is 0.300. The Labute approximate surface area is 145 Å². The van der Waals surface area contributed by atoms with Crippen LogP contribution in [0.25, 0.3) is 6.08 Å². The molecule has 0 saturated carbocycles. The van der Waals surface area contributed by atoms with E-state index in [1.165, 1.54) is 0 Å². The van der Waals surface area contributed by atoms with Crippen molar-refractivity contribution in [1.82, 2.24) is 0 Å². The van der Waals surface area contributed by atoms with Crippen LogP contribution in [0.15, 0.2) is 40.7 Å². The van der Waals surface area contributed by atoms with Crippen molar-refractivity contribution in [1.29, 1.82) is 0 Å². The molecular weight excluding hydrogens is 320 g/mol. The minimum atomic E-state index is -0.242. The lowest BCUT2D eigenvalue weighted by molar-refractivity contribution is -0.136. The van der Waals surface area contributed by atoms with Crippen LogP contribution in [0.3, 0.4) is 0 Å². The van der Waals surface area contributed by atoms with Crippen LogP contribution in [-0.4, -0.2) is 11.8 Å². The predicted octanol–water partition coefficient (Wildman–Crippen LogP) is 4.33. The molecule has 0 spiro atoms. The summed E-state index contributed by atoms with van der Waals surface area (Å²) >= 11 is 0. The van der Waals surface area contributed by atoms with Crippen molar-refractivity contribution in [3.63, 3.8) is 0 Å². The van der Waals surface area contributed by atoms with E-state index in [0.717, 1.165) is 12.0 Å². The van der Waals surface area contributed by atoms with Crippen LogP contribution in [0.5, 0.6) is 11.5 Å². The van der Waals surface area contributed by atoms with E-state index in [2.05, 4.69) is 13.8 Å². The lowest BCUT2D eigenvalue weighted by atomic mass is 9.84. The van der Waals surface area contributed by atoms with E-state index >= 15 is 0 Å². The molecule has 0 bridgehead atoms. The Morgan fingerprint density at radius 2 is 2.04 bits per heavy atom. The average molecular weight is 338 g/mol. The van der Waals surface area contributed by atoms with Crippen LogP contribution < -0.4 is 9.47 Å². The van der Waals surface area contributed by atoms with Crippen molar-refractivity contribution < 1.29 is 23.5 Å². The van der Waals surface area contributed by atoms with Gasteiger partial charge in [-0.2, -0.15) is 0 Å². The van der Waals surface area contributed by atoms with Gasteiger partial charge in [0.25, 0.3) is 0 Å². The fourth-order valence-corrected chi connectivity index (χ4v) is 3.47. The molecular formula is C20H18O5. The molecule has 3 heterocycles. The molecule has 25 heavy (non-hydrogen) atoms. The van der Waals surface area contributed by atoms with E-state index in [4.69, 9.17) is 13.9 Å². The fourth-order valence-electron chi connectivity index (χ4n) is 3.47. The van der Waals surface area contributed by atoms with E-state index in [9.17, 15) is 9.59 Å². The van der Waals surface area contributed by atoms with Crippen molar-refractivity contribution in [2.24, 2.45) is 5.92 Å². The highest BCUT2D eigenvalue weighted by molar-refractivity contribution is 6.15. The number of esters is 1. The molecule has 0 amide bonds. The van der Waals surface area contributed by atoms with Gasteiger partial charge in [-0.25, -0.2) is 0 Å². The van der Waals surface area contributed by atoms with E-state index in [-0.39, 0.29) is 23.4 Å². The highest BCUT2D eigenvalue weighted by atomic mass is 16.5. The first-order valence-corrected chi connectivity index (χ1v) is 8.38. The summed E-state index contributed by atoms with van der Waals surface area (Å²) in [6.07, 6.45) is 4.25. The largest absolute Gasteiger partial charge is 0.465 e. The number of ether oxygens (including phenoxy) is 2. The normalized spacial score (nSPS) is 20.4. The molecule has 0 aliphatic carbocycles. The van der Waals surface area contributed by atoms with Gasteiger partial charge in [0.05, 0.1) is 18.2 Å². The van der Waals surface area contributed by atoms with Gasteiger partial charge in [0, 0.05) is 17.6 Å². The molecule has 1 atom stereocenters. The van der Waals surface area contributed by atoms with E-state index < -0.39 is 0 Å². The summed E-state index contributed by atoms with van der Waals surface area (Å²) in [6.45, 7) is 4.22. The third-order valence-electron chi connectivity index (χ3n) is 4.45. The molecule has 0 N–H and O–H groups in total. The van der Waals surface area contributed by atoms with Crippen LogP contribution in [0.1, 0.15) is 54.3 Å². The highest BCUT2D eigenvalue weighted by Gasteiger charge is 2.38. The molecule has 0 unspecified atom stereocenters. The predicted molar refractivity (Wildman–Crippen MR) is 90.5 cm³/mol. The van der Waals surface area contributed by atoms with Gasteiger partial charge in [-0.3, -0.25) is 9.59 Å². The van der Waals surface area contributed by atoms with Crippen LogP contribution in [0, 0.1) is 5.92 Å². The molecule has 0 radical (unpaired) electrons. The van der Waals surface area contributed by atoms with Gasteiger partial charge < -0.3 is 13.9 Å². The number of allylic oxidation sites excluding steroid dienone is 1. The number of ketones is 1. The Hall–Kier alpha value is -2.82. The summed E-state index contributed by atoms with van der Waals surface area (Å²) in [5, 5.41) is 0. The number of hydrogen-bond acceptors (Lipinski definition) is 5. The number of Topliss-reactive ketones (excluding diaryl/α,β-unsaturated/α-hetero) is 1. The van der Waals surface area contributed by atoms with E-state index in [1.807, 2.05) is 0 Å². The maximum atomic E-state index is 12.7. The van der Waals surface area contributed by atoms with E-state index in [1.54, 1.807) is 36.6 Å². The number of benzene rings is 1. The highest BCUT2D eigenvalue weighted by Crippen LogP contribution is 2.48. The molecule has 1 aromatic carbocycles. The monoisotopic (exact) mass is 338 g/mol. The van der Waals surface area contributed by atoms with Gasteiger partial charge in [-0.15, -0.1) is 0 Å². The molecule has 5 nitrogen and oxygen atoms in total. The third kappa shape index (κ3) is 2.76. The molecule has 2 aromatic rings. The zero-order valence-corrected chi connectivity index (χ0v) is 14.1. The quantitative estimate of drug-likeness (QED) is 0.473. The van der Waals surface area contributed by atoms with Gasteiger partial charge in [0.2, 0.25) is 5.78 Å². The molecule has 128 valence electrons. The number of carbonyl (C=O) groups is 2. The molecule has 0 saturated heterocycles. The topological polar surface area (TPSA) is 65.7 Å². The van der Waals surface area contributed by atoms with Crippen molar-refractivity contribution in [2.75, 3.05) is 0 Å². The standard InChI is InChI=1S/C20H18O5/c1-11(2)8-12-9-17(21)24-15-6-5-14-19(22)16(25-20(14)18(12)15)10-13-4-3-7-23-13/h3-7,10-12H,8-9H2,1-2H3/b16-10-/t12-/m0/s1.